The summed E-state index contributed by atoms with van der Waals surface area (Å²) in [5, 5.41) is 5.72. The summed E-state index contributed by atoms with van der Waals surface area (Å²) < 4.78 is 138. The van der Waals surface area contributed by atoms with Crippen LogP contribution < -0.4 is 0 Å². The maximum Gasteiger partial charge on any atom is 0.129 e. The SMILES string of the molecule is [2H]C([2H])([2H])c1cc(-c2cc(-c3[c-]ccc4c3oc3c4ccc4ccc5ccccc5c43)ncc2C([2H])([2H])[2H])c(C([2H])([2H])[2H])cc1-c1ccc(C2([2H])CCCC2)cc1.[2H]C([2H])([2H])c1ccc(-c2[c-]cc(C([2H])([2H])[2H])c(-c3ccccc3)c2)nc1.[Ir]. The summed E-state index contributed by atoms with van der Waals surface area (Å²) in [6, 6.07) is 52.9. The first-order chi connectivity index (χ1) is 39.2. The van der Waals surface area contributed by atoms with E-state index in [1.54, 1.807) is 30.3 Å². The van der Waals surface area contributed by atoms with E-state index in [0.29, 0.717) is 39.1 Å². The van der Waals surface area contributed by atoms with Crippen LogP contribution in [0.4, 0.5) is 0 Å². The van der Waals surface area contributed by atoms with Gasteiger partial charge < -0.3 is 14.4 Å². The van der Waals surface area contributed by atoms with Crippen LogP contribution in [-0.2, 0) is 20.1 Å². The van der Waals surface area contributed by atoms with Crippen molar-refractivity contribution in [1.29, 1.82) is 0 Å². The van der Waals surface area contributed by atoms with Gasteiger partial charge in [0.05, 0.1) is 5.58 Å². The largest absolute Gasteiger partial charge is 0.500 e. The van der Waals surface area contributed by atoms with Crippen molar-refractivity contribution < 1.29 is 46.5 Å². The van der Waals surface area contributed by atoms with E-state index in [4.69, 9.17) is 26.3 Å². The van der Waals surface area contributed by atoms with Crippen molar-refractivity contribution in [2.24, 2.45) is 0 Å². The third-order valence-corrected chi connectivity index (χ3v) is 12.8. The van der Waals surface area contributed by atoms with E-state index in [2.05, 4.69) is 46.4 Å². The van der Waals surface area contributed by atoms with Crippen LogP contribution in [0.1, 0.15) is 86.9 Å². The van der Waals surface area contributed by atoms with Crippen molar-refractivity contribution in [3.63, 3.8) is 0 Å². The topological polar surface area (TPSA) is 38.9 Å². The van der Waals surface area contributed by atoms with Gasteiger partial charge in [0.15, 0.2) is 0 Å². The molecule has 68 heavy (non-hydrogen) atoms. The number of aromatic nitrogens is 2. The summed E-state index contributed by atoms with van der Waals surface area (Å²) in [5.41, 5.74) is 5.69. The van der Waals surface area contributed by atoms with Crippen molar-refractivity contribution in [2.45, 2.75) is 65.8 Å². The minimum Gasteiger partial charge on any atom is -0.500 e. The Labute approximate surface area is 435 Å². The number of pyridine rings is 2. The normalized spacial score (nSPS) is 17.5. The van der Waals surface area contributed by atoms with Gasteiger partial charge in [-0.25, -0.2) is 0 Å². The summed E-state index contributed by atoms with van der Waals surface area (Å²) >= 11 is 0. The molecule has 0 atom stereocenters. The van der Waals surface area contributed by atoms with Gasteiger partial charge in [-0.2, -0.15) is 0 Å². The van der Waals surface area contributed by atoms with Crippen LogP contribution in [0.25, 0.3) is 99.4 Å². The Morgan fingerprint density at radius 1 is 0.544 bits per heavy atom. The molecule has 3 aromatic heterocycles. The maximum atomic E-state index is 8.94. The van der Waals surface area contributed by atoms with Gasteiger partial charge in [0.25, 0.3) is 0 Å². The molecule has 0 unspecified atom stereocenters. The monoisotopic (exact) mass is 1070 g/mol. The molecule has 12 rings (SSSR count). The van der Waals surface area contributed by atoms with Crippen molar-refractivity contribution >= 4 is 43.5 Å². The number of nitrogens with zero attached hydrogens (tertiary/aromatic N) is 2. The molecule has 335 valence electrons. The summed E-state index contributed by atoms with van der Waals surface area (Å²) in [6.45, 7) is -12.7. The average Bonchev–Trinajstić information content (AvgIpc) is 2.17. The Hall–Kier alpha value is -6.97. The first kappa shape index (κ1) is 29.7. The number of fused-ring (bicyclic) bond motifs is 7. The Morgan fingerprint density at radius 3 is 2.03 bits per heavy atom. The standard InChI is InChI=1S/C45H36NO.C19H16N.Ir/c1-27-24-40(28(2)23-39(27)33-17-15-31(16-18-33)30-9-4-5-10-30)41-25-42(46-26-29(41)3)38-14-8-13-36-37-22-21-34-20-19-32-11-6-7-12-35(32)43(34)45(37)47-44(36)38;1-14-8-11-19(20-13-14)17-10-9-15(2)18(12-17)16-6-4-3-5-7-16;/h6-8,11-13,15-26,30H,4-5,9-10H2,1-3H3;3-9,11-13H,1-2H3;/q2*-1;/i1D3,2D3,3D3,30D;1D3,2D3;. The smallest absolute Gasteiger partial charge is 0.129 e. The van der Waals surface area contributed by atoms with Crippen LogP contribution in [0.2, 0.25) is 0 Å². The summed E-state index contributed by atoms with van der Waals surface area (Å²) in [7, 11) is 0. The Kier molecular flexibility index (Phi) is 8.29. The number of aryl methyl sites for hydroxylation is 5. The van der Waals surface area contributed by atoms with Gasteiger partial charge >= 0.3 is 0 Å². The quantitative estimate of drug-likeness (QED) is 0.123. The molecule has 0 saturated heterocycles. The van der Waals surface area contributed by atoms with Crippen LogP contribution in [0.3, 0.4) is 0 Å². The fourth-order valence-electron chi connectivity index (χ4n) is 9.38. The molecule has 1 aliphatic rings. The fraction of sp³-hybridized carbons (Fsp3) is 0.156. The summed E-state index contributed by atoms with van der Waals surface area (Å²) in [5.74, 6) is -0.712. The minimum absolute atomic E-state index is 0. The van der Waals surface area contributed by atoms with Gasteiger partial charge in [0.1, 0.15) is 5.58 Å². The van der Waals surface area contributed by atoms with E-state index in [9.17, 15) is 0 Å². The molecule has 4 heteroatoms. The van der Waals surface area contributed by atoms with Crippen molar-refractivity contribution in [3.8, 4) is 55.9 Å². The van der Waals surface area contributed by atoms with Crippen molar-refractivity contribution in [3.05, 3.63) is 216 Å². The number of furan rings is 1. The van der Waals surface area contributed by atoms with E-state index in [-0.39, 0.29) is 70.3 Å². The molecule has 1 aliphatic carbocycles. The minimum atomic E-state index is -2.77. The second-order valence-electron chi connectivity index (χ2n) is 16.9. The Morgan fingerprint density at radius 2 is 1.24 bits per heavy atom. The second kappa shape index (κ2) is 19.0. The molecule has 0 N–H and O–H groups in total. The number of hydrogen-bond acceptors (Lipinski definition) is 3. The third kappa shape index (κ3) is 8.49. The van der Waals surface area contributed by atoms with Gasteiger partial charge in [-0.05, 0) is 129 Å². The molecule has 3 nitrogen and oxygen atoms in total. The molecule has 0 spiro atoms. The van der Waals surface area contributed by atoms with E-state index >= 15 is 0 Å². The molecule has 1 saturated carbocycles. The second-order valence-corrected chi connectivity index (χ2v) is 16.9. The molecule has 0 bridgehead atoms. The number of hydrogen-bond donors (Lipinski definition) is 0. The molecule has 11 aromatic rings. The maximum absolute atomic E-state index is 8.94. The van der Waals surface area contributed by atoms with Gasteiger partial charge in [-0.15, -0.1) is 47.5 Å². The zero-order valence-electron chi connectivity index (χ0n) is 52.6. The summed E-state index contributed by atoms with van der Waals surface area (Å²) in [4.78, 5) is 8.80. The fourth-order valence-corrected chi connectivity index (χ4v) is 9.38. The average molecular weight is 1070 g/mol. The molecular weight excluding hydrogens is 1000 g/mol. The molecule has 1 radical (unpaired) electrons. The predicted octanol–water partition coefficient (Wildman–Crippen LogP) is 17.5. The Balaban J connectivity index is 0.000000244. The van der Waals surface area contributed by atoms with Gasteiger partial charge in [-0.3, -0.25) is 0 Å². The predicted molar refractivity (Wildman–Crippen MR) is 281 cm³/mol. The zero-order valence-corrected chi connectivity index (χ0v) is 39.0. The van der Waals surface area contributed by atoms with E-state index in [1.165, 1.54) is 42.7 Å². The van der Waals surface area contributed by atoms with Crippen LogP contribution in [0.5, 0.6) is 0 Å². The van der Waals surface area contributed by atoms with Gasteiger partial charge in [0, 0.05) is 65.2 Å². The molecule has 3 heterocycles. The van der Waals surface area contributed by atoms with E-state index < -0.39 is 40.2 Å². The third-order valence-electron chi connectivity index (χ3n) is 12.8. The van der Waals surface area contributed by atoms with Crippen LogP contribution >= 0.6 is 0 Å². The molecular formula is C64H52IrN2O-2. The molecule has 8 aromatic carbocycles. The Bertz CT molecular complexity index is 4250. The summed E-state index contributed by atoms with van der Waals surface area (Å²) in [6.07, 6.45) is 5.93. The van der Waals surface area contributed by atoms with E-state index in [1.807, 2.05) is 72.8 Å². The molecule has 1 fully saturated rings. The van der Waals surface area contributed by atoms with Crippen molar-refractivity contribution in [1.82, 2.24) is 9.97 Å². The van der Waals surface area contributed by atoms with Gasteiger partial charge in [-0.1, -0.05) is 170 Å². The number of benzene rings is 8. The van der Waals surface area contributed by atoms with Gasteiger partial charge in [0.2, 0.25) is 0 Å². The van der Waals surface area contributed by atoms with E-state index in [0.717, 1.165) is 69.1 Å². The zero-order chi connectivity index (χ0) is 59.0. The molecule has 0 amide bonds. The van der Waals surface area contributed by atoms with Crippen LogP contribution in [0.15, 0.2) is 175 Å². The first-order valence-electron chi connectivity index (χ1n) is 30.2. The van der Waals surface area contributed by atoms with Crippen LogP contribution in [0, 0.1) is 46.4 Å². The number of rotatable bonds is 6. The van der Waals surface area contributed by atoms with Crippen LogP contribution in [-0.4, -0.2) is 9.97 Å². The van der Waals surface area contributed by atoms with Crippen molar-refractivity contribution in [2.75, 3.05) is 0 Å². The first-order valence-corrected chi connectivity index (χ1v) is 22.2. The molecule has 0 aliphatic heterocycles.